The van der Waals surface area contributed by atoms with Crippen LogP contribution in [0.25, 0.3) is 0 Å². The van der Waals surface area contributed by atoms with Crippen molar-refractivity contribution in [1.82, 2.24) is 4.90 Å². The van der Waals surface area contributed by atoms with Gasteiger partial charge < -0.3 is 15.4 Å². The number of nitrogens with zero attached hydrogens (tertiary/aromatic N) is 2. The summed E-state index contributed by atoms with van der Waals surface area (Å²) < 4.78 is 5.01. The van der Waals surface area contributed by atoms with Crippen LogP contribution in [0.15, 0.2) is 18.2 Å². The highest BCUT2D eigenvalue weighted by Gasteiger charge is 2.14. The number of hydrogen-bond donors (Lipinski definition) is 1. The van der Waals surface area contributed by atoms with Gasteiger partial charge in [0.05, 0.1) is 25.2 Å². The number of amides is 1. The van der Waals surface area contributed by atoms with Gasteiger partial charge in [-0.15, -0.1) is 0 Å². The summed E-state index contributed by atoms with van der Waals surface area (Å²) in [5.41, 5.74) is 6.57. The Kier molecular flexibility index (Phi) is 4.35. The predicted molar refractivity (Wildman–Crippen MR) is 64.6 cm³/mol. The molecule has 0 spiro atoms. The summed E-state index contributed by atoms with van der Waals surface area (Å²) in [5.74, 6) is 0.416. The number of nitrogen functional groups attached to an aromatic ring is 1. The van der Waals surface area contributed by atoms with Gasteiger partial charge in [0.1, 0.15) is 5.75 Å². The minimum atomic E-state index is -0.194. The first-order valence-electron chi connectivity index (χ1n) is 5.16. The first-order chi connectivity index (χ1) is 8.10. The van der Waals surface area contributed by atoms with Gasteiger partial charge in [0.2, 0.25) is 0 Å². The van der Waals surface area contributed by atoms with Gasteiger partial charge in [0.15, 0.2) is 0 Å². The monoisotopic (exact) mass is 233 g/mol. The molecule has 90 valence electrons. The number of rotatable bonds is 4. The Morgan fingerprint density at radius 1 is 1.59 bits per heavy atom. The van der Waals surface area contributed by atoms with Gasteiger partial charge in [-0.05, 0) is 12.1 Å². The van der Waals surface area contributed by atoms with Crippen LogP contribution >= 0.6 is 0 Å². The summed E-state index contributed by atoms with van der Waals surface area (Å²) in [6.07, 6.45) is 0.304. The maximum absolute atomic E-state index is 12.0. The summed E-state index contributed by atoms with van der Waals surface area (Å²) in [4.78, 5) is 13.4. The van der Waals surface area contributed by atoms with E-state index in [9.17, 15) is 4.79 Å². The number of ether oxygens (including phenoxy) is 1. The Morgan fingerprint density at radius 3 is 2.82 bits per heavy atom. The van der Waals surface area contributed by atoms with Crippen LogP contribution in [0.1, 0.15) is 16.8 Å². The fraction of sp³-hybridized carbons (Fsp3) is 0.333. The van der Waals surface area contributed by atoms with Crippen LogP contribution < -0.4 is 10.5 Å². The van der Waals surface area contributed by atoms with Crippen molar-refractivity contribution in [3.8, 4) is 11.8 Å². The smallest absolute Gasteiger partial charge is 0.255 e. The van der Waals surface area contributed by atoms with Gasteiger partial charge >= 0.3 is 0 Å². The van der Waals surface area contributed by atoms with E-state index in [1.54, 1.807) is 25.2 Å². The number of carbonyl (C=O) groups excluding carboxylic acids is 1. The fourth-order valence-corrected chi connectivity index (χ4v) is 1.39. The van der Waals surface area contributed by atoms with Crippen LogP contribution in [0.2, 0.25) is 0 Å². The lowest BCUT2D eigenvalue weighted by Crippen LogP contribution is -2.28. The van der Waals surface area contributed by atoms with Gasteiger partial charge in [-0.1, -0.05) is 0 Å². The van der Waals surface area contributed by atoms with Crippen molar-refractivity contribution in [2.24, 2.45) is 0 Å². The molecule has 0 atom stereocenters. The predicted octanol–water partition coefficient (Wildman–Crippen LogP) is 1.26. The first kappa shape index (κ1) is 12.8. The van der Waals surface area contributed by atoms with E-state index in [1.165, 1.54) is 12.0 Å². The third-order valence-corrected chi connectivity index (χ3v) is 2.39. The van der Waals surface area contributed by atoms with Gasteiger partial charge in [-0.3, -0.25) is 4.79 Å². The Bertz CT molecular complexity index is 452. The molecule has 0 radical (unpaired) electrons. The summed E-state index contributed by atoms with van der Waals surface area (Å²) in [6.45, 7) is 0.390. The lowest BCUT2D eigenvalue weighted by atomic mass is 10.1. The molecule has 0 bridgehead atoms. The molecular weight excluding hydrogens is 218 g/mol. The molecule has 0 fully saturated rings. The van der Waals surface area contributed by atoms with Crippen molar-refractivity contribution in [2.45, 2.75) is 6.42 Å². The van der Waals surface area contributed by atoms with E-state index in [0.717, 1.165) is 0 Å². The Balaban J connectivity index is 2.86. The molecule has 0 aromatic heterocycles. The molecule has 0 aliphatic rings. The number of benzene rings is 1. The third-order valence-electron chi connectivity index (χ3n) is 2.39. The van der Waals surface area contributed by atoms with Gasteiger partial charge in [-0.2, -0.15) is 5.26 Å². The quantitative estimate of drug-likeness (QED) is 0.794. The average Bonchev–Trinajstić information content (AvgIpc) is 2.34. The molecule has 1 aromatic carbocycles. The summed E-state index contributed by atoms with van der Waals surface area (Å²) in [6, 6.07) is 6.90. The number of hydrogen-bond acceptors (Lipinski definition) is 4. The molecule has 5 nitrogen and oxygen atoms in total. The van der Waals surface area contributed by atoms with Gasteiger partial charge in [0.25, 0.3) is 5.91 Å². The van der Waals surface area contributed by atoms with Gasteiger partial charge in [-0.25, -0.2) is 0 Å². The lowest BCUT2D eigenvalue weighted by Gasteiger charge is -2.16. The second-order valence-corrected chi connectivity index (χ2v) is 3.59. The molecule has 0 heterocycles. The van der Waals surface area contributed by atoms with E-state index in [1.807, 2.05) is 6.07 Å². The first-order valence-corrected chi connectivity index (χ1v) is 5.16. The molecule has 1 aromatic rings. The zero-order chi connectivity index (χ0) is 12.8. The van der Waals surface area contributed by atoms with E-state index in [-0.39, 0.29) is 5.91 Å². The highest BCUT2D eigenvalue weighted by Crippen LogP contribution is 2.20. The summed E-state index contributed by atoms with van der Waals surface area (Å²) >= 11 is 0. The van der Waals surface area contributed by atoms with E-state index >= 15 is 0 Å². The molecule has 17 heavy (non-hydrogen) atoms. The van der Waals surface area contributed by atoms with Crippen molar-refractivity contribution in [3.63, 3.8) is 0 Å². The highest BCUT2D eigenvalue weighted by atomic mass is 16.5. The molecule has 1 amide bonds. The zero-order valence-electron chi connectivity index (χ0n) is 9.93. The number of methoxy groups -OCH3 is 1. The highest BCUT2D eigenvalue weighted by molar-refractivity contribution is 5.99. The SMILES string of the molecule is COc1ccc(C(=O)N(C)CCC#N)c(N)c1. The molecule has 0 saturated heterocycles. The zero-order valence-corrected chi connectivity index (χ0v) is 9.93. The largest absolute Gasteiger partial charge is 0.497 e. The summed E-state index contributed by atoms with van der Waals surface area (Å²) in [5, 5.41) is 8.46. The fourth-order valence-electron chi connectivity index (χ4n) is 1.39. The Hall–Kier alpha value is -2.22. The second-order valence-electron chi connectivity index (χ2n) is 3.59. The lowest BCUT2D eigenvalue weighted by molar-refractivity contribution is 0.0799. The number of nitriles is 1. The van der Waals surface area contributed by atoms with Crippen LogP contribution in [-0.4, -0.2) is 31.5 Å². The Morgan fingerprint density at radius 2 is 2.29 bits per heavy atom. The molecule has 2 N–H and O–H groups in total. The molecular formula is C12H15N3O2. The normalized spacial score (nSPS) is 9.47. The summed E-state index contributed by atoms with van der Waals surface area (Å²) in [7, 11) is 3.18. The van der Waals surface area contributed by atoms with Crippen molar-refractivity contribution < 1.29 is 9.53 Å². The van der Waals surface area contributed by atoms with E-state index < -0.39 is 0 Å². The van der Waals surface area contributed by atoms with Crippen molar-refractivity contribution in [2.75, 3.05) is 26.4 Å². The Labute approximate surface area is 100 Å². The van der Waals surface area contributed by atoms with Crippen molar-refractivity contribution in [3.05, 3.63) is 23.8 Å². The number of anilines is 1. The number of nitrogens with two attached hydrogens (primary N) is 1. The number of carbonyl (C=O) groups is 1. The standard InChI is InChI=1S/C12H15N3O2/c1-15(7-3-6-13)12(16)10-5-4-9(17-2)8-11(10)14/h4-5,8H,3,7,14H2,1-2H3. The van der Waals surface area contributed by atoms with Crippen LogP contribution in [0.5, 0.6) is 5.75 Å². The van der Waals surface area contributed by atoms with Crippen LogP contribution in [-0.2, 0) is 0 Å². The van der Waals surface area contributed by atoms with Crippen LogP contribution in [0.4, 0.5) is 5.69 Å². The average molecular weight is 233 g/mol. The molecule has 0 saturated carbocycles. The third kappa shape index (κ3) is 3.11. The molecule has 0 aliphatic heterocycles. The van der Waals surface area contributed by atoms with Crippen molar-refractivity contribution >= 4 is 11.6 Å². The van der Waals surface area contributed by atoms with E-state index in [0.29, 0.717) is 30.0 Å². The maximum Gasteiger partial charge on any atom is 0.255 e. The molecule has 0 unspecified atom stereocenters. The van der Waals surface area contributed by atoms with Crippen LogP contribution in [0.3, 0.4) is 0 Å². The minimum Gasteiger partial charge on any atom is -0.497 e. The molecule has 0 aliphatic carbocycles. The van der Waals surface area contributed by atoms with Crippen molar-refractivity contribution in [1.29, 1.82) is 5.26 Å². The minimum absolute atomic E-state index is 0.194. The van der Waals surface area contributed by atoms with E-state index in [2.05, 4.69) is 0 Å². The molecule has 5 heteroatoms. The van der Waals surface area contributed by atoms with E-state index in [4.69, 9.17) is 15.7 Å². The topological polar surface area (TPSA) is 79.3 Å². The van der Waals surface area contributed by atoms with Crippen LogP contribution in [0, 0.1) is 11.3 Å². The molecule has 1 rings (SSSR count). The maximum atomic E-state index is 12.0. The van der Waals surface area contributed by atoms with Gasteiger partial charge in [0, 0.05) is 25.3 Å². The second kappa shape index (κ2) is 5.75.